The Morgan fingerprint density at radius 1 is 1.07 bits per heavy atom. The highest BCUT2D eigenvalue weighted by Crippen LogP contribution is 2.24. The number of hydrogen-bond donors (Lipinski definition) is 4. The summed E-state index contributed by atoms with van der Waals surface area (Å²) in [4.78, 5) is 36.8. The van der Waals surface area contributed by atoms with Crippen molar-refractivity contribution in [2.24, 2.45) is 0 Å². The zero-order valence-corrected chi connectivity index (χ0v) is 22.9. The molecule has 0 radical (unpaired) electrons. The first-order chi connectivity index (χ1) is 20.7. The Labute approximate surface area is 247 Å². The number of aromatic nitrogens is 6. The molecule has 0 saturated carbocycles. The largest absolute Gasteiger partial charge is 0.465 e. The summed E-state index contributed by atoms with van der Waals surface area (Å²) in [6.07, 6.45) is 3.30. The first-order valence-corrected chi connectivity index (χ1v) is 13.1. The van der Waals surface area contributed by atoms with E-state index in [0.717, 1.165) is 0 Å². The fraction of sp³-hybridized carbons (Fsp3) is 0.0690. The Morgan fingerprint density at radius 3 is 2.53 bits per heavy atom. The summed E-state index contributed by atoms with van der Waals surface area (Å²) in [5.74, 6) is -0.883. The van der Waals surface area contributed by atoms with Gasteiger partial charge in [-0.15, -0.1) is 5.10 Å². The number of tetrazole rings is 1. The molecule has 0 aliphatic heterocycles. The molecule has 0 spiro atoms. The lowest BCUT2D eigenvalue weighted by atomic mass is 10.00. The van der Waals surface area contributed by atoms with Crippen molar-refractivity contribution in [2.75, 3.05) is 5.32 Å². The average molecular weight is 601 g/mol. The molecule has 4 N–H and O–H groups in total. The van der Waals surface area contributed by atoms with Crippen LogP contribution < -0.4 is 16.2 Å². The lowest BCUT2D eigenvalue weighted by molar-refractivity contribution is -0.117. The van der Waals surface area contributed by atoms with E-state index in [1.807, 2.05) is 0 Å². The summed E-state index contributed by atoms with van der Waals surface area (Å²) in [6.45, 7) is 0. The van der Waals surface area contributed by atoms with E-state index in [0.29, 0.717) is 38.8 Å². The van der Waals surface area contributed by atoms with Crippen LogP contribution >= 0.6 is 11.6 Å². The summed E-state index contributed by atoms with van der Waals surface area (Å²) < 4.78 is 15.0. The second kappa shape index (κ2) is 12.9. The number of nitrogens with one attached hydrogen (secondary N) is 3. The van der Waals surface area contributed by atoms with Crippen molar-refractivity contribution in [1.82, 2.24) is 35.7 Å². The Morgan fingerprint density at radius 2 is 1.84 bits per heavy atom. The minimum Gasteiger partial charge on any atom is -0.465 e. The molecular formula is C29H22ClFN8O4. The maximum atomic E-state index is 13.6. The van der Waals surface area contributed by atoms with Crippen LogP contribution in [-0.4, -0.2) is 47.5 Å². The molecule has 0 fully saturated rings. The third-order valence-electron chi connectivity index (χ3n) is 6.30. The van der Waals surface area contributed by atoms with Crippen LogP contribution in [0.5, 0.6) is 0 Å². The van der Waals surface area contributed by atoms with Crippen LogP contribution in [0.1, 0.15) is 22.9 Å². The Bertz CT molecular complexity index is 1840. The first kappa shape index (κ1) is 28.8. The molecule has 216 valence electrons. The van der Waals surface area contributed by atoms with E-state index in [2.05, 4.69) is 36.4 Å². The molecule has 2 heterocycles. The van der Waals surface area contributed by atoms with Gasteiger partial charge < -0.3 is 10.4 Å². The van der Waals surface area contributed by atoms with E-state index >= 15 is 0 Å². The van der Waals surface area contributed by atoms with E-state index in [1.165, 1.54) is 41.4 Å². The minimum absolute atomic E-state index is 0.229. The van der Waals surface area contributed by atoms with Crippen LogP contribution in [0.25, 0.3) is 22.9 Å². The predicted octanol–water partition coefficient (Wildman–Crippen LogP) is 4.41. The van der Waals surface area contributed by atoms with Crippen molar-refractivity contribution in [2.45, 2.75) is 12.5 Å². The van der Waals surface area contributed by atoms with Gasteiger partial charge in [0, 0.05) is 22.3 Å². The molecule has 1 atom stereocenters. The molecule has 0 aliphatic rings. The Hall–Kier alpha value is -5.69. The molecule has 5 aromatic rings. The summed E-state index contributed by atoms with van der Waals surface area (Å²) >= 11 is 6.18. The fourth-order valence-electron chi connectivity index (χ4n) is 4.28. The van der Waals surface area contributed by atoms with Crippen LogP contribution in [0.4, 0.5) is 14.9 Å². The predicted molar refractivity (Wildman–Crippen MR) is 156 cm³/mol. The van der Waals surface area contributed by atoms with Gasteiger partial charge in [0.15, 0.2) is 0 Å². The number of anilines is 1. The molecule has 5 rings (SSSR count). The van der Waals surface area contributed by atoms with Crippen molar-refractivity contribution >= 4 is 35.4 Å². The van der Waals surface area contributed by atoms with E-state index in [9.17, 15) is 18.8 Å². The van der Waals surface area contributed by atoms with E-state index in [4.69, 9.17) is 16.7 Å². The summed E-state index contributed by atoms with van der Waals surface area (Å²) in [5, 5.41) is 32.3. The van der Waals surface area contributed by atoms with Crippen molar-refractivity contribution in [3.8, 4) is 16.8 Å². The maximum Gasteiger partial charge on any atom is 0.409 e. The molecule has 0 bridgehead atoms. The van der Waals surface area contributed by atoms with Gasteiger partial charge in [-0.2, -0.15) is 9.78 Å². The molecule has 0 saturated heterocycles. The molecule has 43 heavy (non-hydrogen) atoms. The number of aromatic amines is 1. The maximum absolute atomic E-state index is 13.6. The van der Waals surface area contributed by atoms with E-state index in [-0.39, 0.29) is 12.0 Å². The number of H-pyrrole nitrogens is 1. The van der Waals surface area contributed by atoms with E-state index < -0.39 is 29.4 Å². The van der Waals surface area contributed by atoms with Crippen LogP contribution in [0.15, 0.2) is 90.0 Å². The first-order valence-electron chi connectivity index (χ1n) is 12.7. The standard InChI is InChI=1S/C29H22ClFN8O4/c30-20-6-11-26(39-16-32-37-38-39)19(14-20)5-12-27(40)34-24(13-17-1-7-21(31)8-2-17)25-15-23(28(41)36-35-25)18-3-9-22(10-4-18)33-29(42)43/h1-12,14-16,24,33H,13H2,(H,34,40)(H,36,41)(H,42,43). The van der Waals surface area contributed by atoms with E-state index in [1.54, 1.807) is 54.6 Å². The van der Waals surface area contributed by atoms with Crippen molar-refractivity contribution in [3.63, 3.8) is 0 Å². The quantitative estimate of drug-likeness (QED) is 0.180. The zero-order valence-electron chi connectivity index (χ0n) is 22.1. The number of hydrogen-bond acceptors (Lipinski definition) is 7. The molecule has 1 unspecified atom stereocenters. The lowest BCUT2D eigenvalue weighted by Gasteiger charge is -2.18. The van der Waals surface area contributed by atoms with Crippen LogP contribution in [-0.2, 0) is 11.2 Å². The lowest BCUT2D eigenvalue weighted by Crippen LogP contribution is -2.30. The number of carbonyl (C=O) groups is 2. The van der Waals surface area contributed by atoms with Gasteiger partial charge in [-0.3, -0.25) is 14.9 Å². The van der Waals surface area contributed by atoms with Gasteiger partial charge in [-0.1, -0.05) is 35.9 Å². The van der Waals surface area contributed by atoms with Gasteiger partial charge in [0.2, 0.25) is 5.91 Å². The molecule has 3 aromatic carbocycles. The van der Waals surface area contributed by atoms with Crippen LogP contribution in [0, 0.1) is 5.82 Å². The fourth-order valence-corrected chi connectivity index (χ4v) is 4.46. The molecule has 14 heteroatoms. The van der Waals surface area contributed by atoms with Gasteiger partial charge in [-0.05, 0) is 82.6 Å². The normalized spacial score (nSPS) is 11.8. The van der Waals surface area contributed by atoms with Gasteiger partial charge in [0.25, 0.3) is 5.56 Å². The molecule has 2 amide bonds. The molecule has 0 aliphatic carbocycles. The number of nitrogens with zero attached hydrogens (tertiary/aromatic N) is 5. The second-order valence-corrected chi connectivity index (χ2v) is 9.66. The number of amides is 2. The zero-order chi connectivity index (χ0) is 30.3. The third-order valence-corrected chi connectivity index (χ3v) is 6.53. The minimum atomic E-state index is -1.22. The van der Waals surface area contributed by atoms with Crippen molar-refractivity contribution in [3.05, 3.63) is 123 Å². The molecular weight excluding hydrogens is 579 g/mol. The molecule has 2 aromatic heterocycles. The average Bonchev–Trinajstić information content (AvgIpc) is 3.52. The highest BCUT2D eigenvalue weighted by Gasteiger charge is 2.19. The monoisotopic (exact) mass is 600 g/mol. The van der Waals surface area contributed by atoms with Gasteiger partial charge in [0.1, 0.15) is 12.1 Å². The highest BCUT2D eigenvalue weighted by atomic mass is 35.5. The Kier molecular flexibility index (Phi) is 8.63. The highest BCUT2D eigenvalue weighted by molar-refractivity contribution is 6.30. The summed E-state index contributed by atoms with van der Waals surface area (Å²) in [7, 11) is 0. The van der Waals surface area contributed by atoms with Gasteiger partial charge >= 0.3 is 6.09 Å². The number of halogens is 2. The Balaban J connectivity index is 1.44. The number of carboxylic acid groups (broad SMARTS) is 1. The second-order valence-electron chi connectivity index (χ2n) is 9.23. The SMILES string of the molecule is O=C(O)Nc1ccc(-c2cc(C(Cc3ccc(F)cc3)NC(=O)C=Cc3cc(Cl)ccc3-n3cnnn3)n[nH]c2=O)cc1. The molecule has 12 nitrogen and oxygen atoms in total. The van der Waals surface area contributed by atoms with Crippen molar-refractivity contribution < 1.29 is 19.1 Å². The number of benzene rings is 3. The van der Waals surface area contributed by atoms with Gasteiger partial charge in [-0.25, -0.2) is 14.3 Å². The summed E-state index contributed by atoms with van der Waals surface area (Å²) in [5.41, 5.74) is 2.84. The van der Waals surface area contributed by atoms with Crippen molar-refractivity contribution in [1.29, 1.82) is 0 Å². The number of rotatable bonds is 9. The smallest absolute Gasteiger partial charge is 0.409 e. The third kappa shape index (κ3) is 7.34. The van der Waals surface area contributed by atoms with Crippen LogP contribution in [0.3, 0.4) is 0 Å². The topological polar surface area (TPSA) is 168 Å². The van der Waals surface area contributed by atoms with Gasteiger partial charge in [0.05, 0.1) is 23.0 Å². The van der Waals surface area contributed by atoms with Crippen LogP contribution in [0.2, 0.25) is 5.02 Å². The summed E-state index contributed by atoms with van der Waals surface area (Å²) in [6, 6.07) is 17.9. The number of carbonyl (C=O) groups excluding carboxylic acids is 1.